The number of benzene rings is 1. The van der Waals surface area contributed by atoms with Crippen molar-refractivity contribution in [1.82, 2.24) is 4.90 Å². The summed E-state index contributed by atoms with van der Waals surface area (Å²) in [6.07, 6.45) is 0.517. The van der Waals surface area contributed by atoms with Crippen LogP contribution in [0.4, 0.5) is 12.9 Å². The smallest absolute Gasteiger partial charge is 0.445 e. The van der Waals surface area contributed by atoms with Gasteiger partial charge in [0.1, 0.15) is 0 Å². The molecule has 1 aliphatic heterocycles. The van der Waals surface area contributed by atoms with Crippen LogP contribution in [0.25, 0.3) is 0 Å². The fourth-order valence-corrected chi connectivity index (χ4v) is 2.30. The van der Waals surface area contributed by atoms with E-state index in [1.54, 1.807) is 6.92 Å². The van der Waals surface area contributed by atoms with E-state index in [4.69, 9.17) is 0 Å². The van der Waals surface area contributed by atoms with Crippen LogP contribution in [0.3, 0.4) is 0 Å². The Kier molecular flexibility index (Phi) is 6.83. The van der Waals surface area contributed by atoms with E-state index < -0.39 is 6.98 Å². The molecule has 0 spiro atoms. The van der Waals surface area contributed by atoms with Crippen LogP contribution in [0.2, 0.25) is 0 Å². The van der Waals surface area contributed by atoms with Crippen LogP contribution in [0.1, 0.15) is 18.9 Å². The van der Waals surface area contributed by atoms with Crippen LogP contribution >= 0.6 is 0 Å². The first kappa shape index (κ1) is 17.5. The SMILES string of the molecule is CC1=C([B-](F)(F)F)CN(Cc2ccccc2)CC1.[K+]. The first-order chi connectivity index (χ1) is 8.47. The monoisotopic (exact) mass is 293 g/mol. The van der Waals surface area contributed by atoms with Crippen molar-refractivity contribution < 1.29 is 64.3 Å². The Morgan fingerprint density at radius 1 is 1.16 bits per heavy atom. The summed E-state index contributed by atoms with van der Waals surface area (Å²) in [6.45, 7) is -1.92. The Morgan fingerprint density at radius 2 is 1.79 bits per heavy atom. The summed E-state index contributed by atoms with van der Waals surface area (Å²) < 4.78 is 38.6. The first-order valence-corrected chi connectivity index (χ1v) is 6.11. The summed E-state index contributed by atoms with van der Waals surface area (Å²) in [6, 6.07) is 9.63. The van der Waals surface area contributed by atoms with Gasteiger partial charge in [-0.05, 0) is 25.5 Å². The van der Waals surface area contributed by atoms with Crippen molar-refractivity contribution in [3.05, 3.63) is 46.9 Å². The molecule has 0 aromatic heterocycles. The van der Waals surface area contributed by atoms with Gasteiger partial charge >= 0.3 is 58.4 Å². The van der Waals surface area contributed by atoms with Crippen molar-refractivity contribution in [1.29, 1.82) is 0 Å². The van der Waals surface area contributed by atoms with Gasteiger partial charge in [0.05, 0.1) is 0 Å². The van der Waals surface area contributed by atoms with E-state index in [1.165, 1.54) is 0 Å². The molecule has 2 rings (SSSR count). The van der Waals surface area contributed by atoms with E-state index in [-0.39, 0.29) is 63.4 Å². The molecule has 0 saturated carbocycles. The Labute approximate surface area is 154 Å². The minimum absolute atomic E-state index is 0. The molecule has 19 heavy (non-hydrogen) atoms. The topological polar surface area (TPSA) is 3.24 Å². The van der Waals surface area contributed by atoms with Crippen LogP contribution in [0.5, 0.6) is 0 Å². The molecule has 1 aromatic carbocycles. The first-order valence-electron chi connectivity index (χ1n) is 6.11. The van der Waals surface area contributed by atoms with Crippen molar-refractivity contribution in [2.24, 2.45) is 0 Å². The van der Waals surface area contributed by atoms with Gasteiger partial charge in [-0.15, -0.1) is 11.0 Å². The third kappa shape index (κ3) is 5.03. The van der Waals surface area contributed by atoms with Crippen LogP contribution in [-0.2, 0) is 6.54 Å². The molecule has 0 unspecified atom stereocenters. The molecule has 1 aromatic rings. The van der Waals surface area contributed by atoms with Crippen molar-refractivity contribution in [3.63, 3.8) is 0 Å². The van der Waals surface area contributed by atoms with Gasteiger partial charge in [0, 0.05) is 13.1 Å². The van der Waals surface area contributed by atoms with Gasteiger partial charge in [-0.1, -0.05) is 30.3 Å². The van der Waals surface area contributed by atoms with E-state index in [1.807, 2.05) is 35.2 Å². The molecule has 0 amide bonds. The van der Waals surface area contributed by atoms with Crippen LogP contribution in [-0.4, -0.2) is 25.0 Å². The van der Waals surface area contributed by atoms with Gasteiger partial charge in [0.25, 0.3) is 0 Å². The Hall–Kier alpha value is 0.411. The zero-order valence-electron chi connectivity index (χ0n) is 11.4. The molecule has 1 nitrogen and oxygen atoms in total. The van der Waals surface area contributed by atoms with Crippen molar-refractivity contribution in [2.45, 2.75) is 19.9 Å². The fourth-order valence-electron chi connectivity index (χ4n) is 2.30. The second kappa shape index (κ2) is 7.43. The summed E-state index contributed by atoms with van der Waals surface area (Å²) in [5.74, 6) is 0. The van der Waals surface area contributed by atoms with Crippen LogP contribution in [0.15, 0.2) is 41.4 Å². The second-order valence-corrected chi connectivity index (χ2v) is 4.83. The maximum Gasteiger partial charge on any atom is 1.00 e. The van der Waals surface area contributed by atoms with Gasteiger partial charge in [0.2, 0.25) is 0 Å². The van der Waals surface area contributed by atoms with Gasteiger partial charge in [-0.25, -0.2) is 0 Å². The van der Waals surface area contributed by atoms with Crippen LogP contribution < -0.4 is 51.4 Å². The molecule has 1 aliphatic rings. The molecule has 1 heterocycles. The summed E-state index contributed by atoms with van der Waals surface area (Å²) in [5, 5.41) is 0. The number of hydrogen-bond donors (Lipinski definition) is 0. The summed E-state index contributed by atoms with van der Waals surface area (Å²) in [5.41, 5.74) is 1.26. The third-order valence-electron chi connectivity index (χ3n) is 3.39. The standard InChI is InChI=1S/C13H16BF3N.K/c1-11-7-8-18(10-13(11)14(15,16)17)9-12-5-3-2-4-6-12;/h2-6H,7-10H2,1H3;/q-1;+1. The predicted molar refractivity (Wildman–Crippen MR) is 68.1 cm³/mol. The number of hydrogen-bond acceptors (Lipinski definition) is 1. The molecule has 0 saturated heterocycles. The normalized spacial score (nSPS) is 17.3. The minimum atomic E-state index is -4.85. The molecule has 0 atom stereocenters. The zero-order chi connectivity index (χ0) is 13.2. The van der Waals surface area contributed by atoms with Crippen molar-refractivity contribution >= 4 is 6.98 Å². The van der Waals surface area contributed by atoms with E-state index in [0.29, 0.717) is 25.1 Å². The quantitative estimate of drug-likeness (QED) is 0.738. The Morgan fingerprint density at radius 3 is 2.37 bits per heavy atom. The number of nitrogens with zero attached hydrogens (tertiary/aromatic N) is 1. The van der Waals surface area contributed by atoms with E-state index >= 15 is 0 Å². The van der Waals surface area contributed by atoms with Gasteiger partial charge < -0.3 is 12.9 Å². The molecule has 0 fully saturated rings. The average Bonchev–Trinajstić information content (AvgIpc) is 2.31. The summed E-state index contributed by atoms with van der Waals surface area (Å²) >= 11 is 0. The maximum absolute atomic E-state index is 12.9. The van der Waals surface area contributed by atoms with Gasteiger partial charge in [0.15, 0.2) is 0 Å². The summed E-state index contributed by atoms with van der Waals surface area (Å²) in [4.78, 5) is 1.87. The average molecular weight is 293 g/mol. The Balaban J connectivity index is 0.00000180. The molecule has 98 valence electrons. The van der Waals surface area contributed by atoms with Gasteiger partial charge in [-0.3, -0.25) is 4.90 Å². The van der Waals surface area contributed by atoms with Crippen molar-refractivity contribution in [2.75, 3.05) is 13.1 Å². The number of rotatable bonds is 3. The van der Waals surface area contributed by atoms with Crippen molar-refractivity contribution in [3.8, 4) is 0 Å². The predicted octanol–water partition coefficient (Wildman–Crippen LogP) is 0.599. The molecule has 0 bridgehead atoms. The van der Waals surface area contributed by atoms with Gasteiger partial charge in [-0.2, -0.15) is 0 Å². The van der Waals surface area contributed by atoms with E-state index in [9.17, 15) is 12.9 Å². The van der Waals surface area contributed by atoms with E-state index in [2.05, 4.69) is 0 Å². The van der Waals surface area contributed by atoms with Crippen LogP contribution in [0, 0.1) is 0 Å². The molecule has 0 radical (unpaired) electrons. The fraction of sp³-hybridized carbons (Fsp3) is 0.385. The molecule has 0 aliphatic carbocycles. The largest absolute Gasteiger partial charge is 1.00 e. The maximum atomic E-state index is 12.9. The Bertz CT molecular complexity index is 445. The zero-order valence-corrected chi connectivity index (χ0v) is 14.5. The molecule has 6 heteroatoms. The minimum Gasteiger partial charge on any atom is -0.445 e. The summed E-state index contributed by atoms with van der Waals surface area (Å²) in [7, 11) is 0. The third-order valence-corrected chi connectivity index (χ3v) is 3.39. The molecular weight excluding hydrogens is 277 g/mol. The second-order valence-electron chi connectivity index (χ2n) is 4.83. The molecule has 0 N–H and O–H groups in total. The van der Waals surface area contributed by atoms with E-state index in [0.717, 1.165) is 5.56 Å². The number of halogens is 3. The molecular formula is C13H16BF3KN.